The van der Waals surface area contributed by atoms with Crippen molar-refractivity contribution in [1.29, 1.82) is 0 Å². The van der Waals surface area contributed by atoms with Crippen LogP contribution < -0.4 is 0 Å². The first-order valence-corrected chi connectivity index (χ1v) is 5.92. The Morgan fingerprint density at radius 3 is 2.53 bits per heavy atom. The summed E-state index contributed by atoms with van der Waals surface area (Å²) < 4.78 is 5.70. The molecule has 0 aliphatic carbocycles. The number of ketones is 1. The smallest absolute Gasteiger partial charge is 0.137 e. The highest BCUT2D eigenvalue weighted by atomic mass is 16.5. The van der Waals surface area contributed by atoms with Crippen molar-refractivity contribution in [3.8, 4) is 0 Å². The molecule has 0 aromatic rings. The summed E-state index contributed by atoms with van der Waals surface area (Å²) >= 11 is 0. The van der Waals surface area contributed by atoms with Gasteiger partial charge in [-0.25, -0.2) is 0 Å². The fourth-order valence-corrected chi connectivity index (χ4v) is 1.77. The lowest BCUT2D eigenvalue weighted by Crippen LogP contribution is -2.34. The van der Waals surface area contributed by atoms with Crippen molar-refractivity contribution in [2.45, 2.75) is 39.2 Å². The molecule has 0 unspecified atom stereocenters. The number of likely N-dealkylation sites (tertiary alicyclic amines) is 1. The standard InChI is InChI=1S/C12H23NO2/c1-10(2)12(14)6-9-15-11-4-7-13(3)8-5-11/h10-11H,4-9H2,1-3H3. The van der Waals surface area contributed by atoms with Crippen LogP contribution in [-0.4, -0.2) is 43.5 Å². The van der Waals surface area contributed by atoms with Crippen LogP contribution in [0.4, 0.5) is 0 Å². The molecule has 1 heterocycles. The van der Waals surface area contributed by atoms with E-state index in [1.807, 2.05) is 13.8 Å². The normalized spacial score (nSPS) is 19.7. The number of carbonyl (C=O) groups is 1. The van der Waals surface area contributed by atoms with Gasteiger partial charge in [-0.1, -0.05) is 13.8 Å². The highest BCUT2D eigenvalue weighted by Crippen LogP contribution is 2.12. The highest BCUT2D eigenvalue weighted by molar-refractivity contribution is 5.80. The molecule has 1 rings (SSSR count). The van der Waals surface area contributed by atoms with Crippen LogP contribution in [0.3, 0.4) is 0 Å². The summed E-state index contributed by atoms with van der Waals surface area (Å²) in [5, 5.41) is 0. The summed E-state index contributed by atoms with van der Waals surface area (Å²) in [6, 6.07) is 0. The van der Waals surface area contributed by atoms with E-state index < -0.39 is 0 Å². The molecule has 0 aromatic heterocycles. The summed E-state index contributed by atoms with van der Waals surface area (Å²) in [5.41, 5.74) is 0. The van der Waals surface area contributed by atoms with Crippen LogP contribution >= 0.6 is 0 Å². The Kier molecular flexibility index (Phi) is 5.26. The minimum atomic E-state index is 0.145. The van der Waals surface area contributed by atoms with E-state index in [-0.39, 0.29) is 5.92 Å². The largest absolute Gasteiger partial charge is 0.378 e. The van der Waals surface area contributed by atoms with Crippen LogP contribution in [0.1, 0.15) is 33.1 Å². The molecule has 1 saturated heterocycles. The van der Waals surface area contributed by atoms with Gasteiger partial charge in [-0.3, -0.25) is 4.79 Å². The Bertz CT molecular complexity index is 196. The van der Waals surface area contributed by atoms with Crippen molar-refractivity contribution in [2.75, 3.05) is 26.7 Å². The number of hydrogen-bond acceptors (Lipinski definition) is 3. The molecule has 1 aliphatic heterocycles. The maximum absolute atomic E-state index is 11.3. The lowest BCUT2D eigenvalue weighted by Gasteiger charge is -2.28. The first-order valence-electron chi connectivity index (χ1n) is 5.92. The van der Waals surface area contributed by atoms with Gasteiger partial charge in [0.25, 0.3) is 0 Å². The Balaban J connectivity index is 2.08. The van der Waals surface area contributed by atoms with E-state index in [0.29, 0.717) is 24.9 Å². The van der Waals surface area contributed by atoms with Crippen LogP contribution in [0.15, 0.2) is 0 Å². The topological polar surface area (TPSA) is 29.5 Å². The summed E-state index contributed by atoms with van der Waals surface area (Å²) in [6.07, 6.45) is 3.16. The Labute approximate surface area is 92.8 Å². The van der Waals surface area contributed by atoms with Gasteiger partial charge in [0.15, 0.2) is 0 Å². The molecule has 1 fully saturated rings. The average Bonchev–Trinajstić information content (AvgIpc) is 2.20. The van der Waals surface area contributed by atoms with Crippen molar-refractivity contribution in [1.82, 2.24) is 4.90 Å². The molecule has 15 heavy (non-hydrogen) atoms. The fraction of sp³-hybridized carbons (Fsp3) is 0.917. The zero-order chi connectivity index (χ0) is 11.3. The van der Waals surface area contributed by atoms with E-state index in [2.05, 4.69) is 11.9 Å². The van der Waals surface area contributed by atoms with Crippen LogP contribution in [0.2, 0.25) is 0 Å². The van der Waals surface area contributed by atoms with E-state index in [0.717, 1.165) is 25.9 Å². The summed E-state index contributed by atoms with van der Waals surface area (Å²) in [5.74, 6) is 0.453. The second-order valence-electron chi connectivity index (χ2n) is 4.74. The number of ether oxygens (including phenoxy) is 1. The molecule has 0 spiro atoms. The first-order chi connectivity index (χ1) is 7.09. The van der Waals surface area contributed by atoms with Gasteiger partial charge in [-0.2, -0.15) is 0 Å². The van der Waals surface area contributed by atoms with Crippen molar-refractivity contribution in [3.05, 3.63) is 0 Å². The number of carbonyl (C=O) groups excluding carboxylic acids is 1. The van der Waals surface area contributed by atoms with Crippen LogP contribution in [0.5, 0.6) is 0 Å². The monoisotopic (exact) mass is 213 g/mol. The minimum Gasteiger partial charge on any atom is -0.378 e. The van der Waals surface area contributed by atoms with Crippen molar-refractivity contribution < 1.29 is 9.53 Å². The third-order valence-electron chi connectivity index (χ3n) is 3.01. The van der Waals surface area contributed by atoms with Crippen molar-refractivity contribution in [2.24, 2.45) is 5.92 Å². The van der Waals surface area contributed by atoms with Crippen LogP contribution in [0.25, 0.3) is 0 Å². The molecule has 0 N–H and O–H groups in total. The van der Waals surface area contributed by atoms with E-state index in [1.165, 1.54) is 0 Å². The van der Waals surface area contributed by atoms with Crippen molar-refractivity contribution in [3.63, 3.8) is 0 Å². The molecule has 3 nitrogen and oxygen atoms in total. The molecule has 3 heteroatoms. The molecule has 0 amide bonds. The average molecular weight is 213 g/mol. The van der Waals surface area contributed by atoms with Gasteiger partial charge in [0.1, 0.15) is 5.78 Å². The first kappa shape index (κ1) is 12.7. The van der Waals surface area contributed by atoms with E-state index in [9.17, 15) is 4.79 Å². The SMILES string of the molecule is CC(C)C(=O)CCOC1CCN(C)CC1. The molecule has 0 aromatic carbocycles. The molecule has 88 valence electrons. The van der Waals surface area contributed by atoms with Gasteiger partial charge >= 0.3 is 0 Å². The third-order valence-corrected chi connectivity index (χ3v) is 3.01. The second-order valence-corrected chi connectivity index (χ2v) is 4.74. The van der Waals surface area contributed by atoms with E-state index >= 15 is 0 Å². The van der Waals surface area contributed by atoms with Gasteiger partial charge in [-0.05, 0) is 19.9 Å². The lowest BCUT2D eigenvalue weighted by molar-refractivity contribution is -0.123. The molecule has 1 aliphatic rings. The van der Waals surface area contributed by atoms with Gasteiger partial charge < -0.3 is 9.64 Å². The van der Waals surface area contributed by atoms with Gasteiger partial charge in [-0.15, -0.1) is 0 Å². The number of hydrogen-bond donors (Lipinski definition) is 0. The summed E-state index contributed by atoms with van der Waals surface area (Å²) in [7, 11) is 2.14. The minimum absolute atomic E-state index is 0.145. The lowest BCUT2D eigenvalue weighted by atomic mass is 10.1. The summed E-state index contributed by atoms with van der Waals surface area (Å²) in [6.45, 7) is 6.72. The van der Waals surface area contributed by atoms with Gasteiger partial charge in [0.05, 0.1) is 12.7 Å². The van der Waals surface area contributed by atoms with E-state index in [1.54, 1.807) is 0 Å². The molecule has 0 saturated carbocycles. The number of piperidine rings is 1. The van der Waals surface area contributed by atoms with Gasteiger partial charge in [0, 0.05) is 25.4 Å². The zero-order valence-electron chi connectivity index (χ0n) is 10.2. The predicted molar refractivity (Wildman–Crippen MR) is 60.9 cm³/mol. The van der Waals surface area contributed by atoms with E-state index in [4.69, 9.17) is 4.74 Å². The predicted octanol–water partition coefficient (Wildman–Crippen LogP) is 1.71. The Morgan fingerprint density at radius 1 is 1.40 bits per heavy atom. The number of rotatable bonds is 5. The Morgan fingerprint density at radius 2 is 2.00 bits per heavy atom. The second kappa shape index (κ2) is 6.23. The number of nitrogens with zero attached hydrogens (tertiary/aromatic N) is 1. The quantitative estimate of drug-likeness (QED) is 0.696. The number of Topliss-reactive ketones (excluding diaryl/α,β-unsaturated/α-hetero) is 1. The van der Waals surface area contributed by atoms with Gasteiger partial charge in [0.2, 0.25) is 0 Å². The third kappa shape index (κ3) is 4.76. The maximum Gasteiger partial charge on any atom is 0.137 e. The maximum atomic E-state index is 11.3. The van der Waals surface area contributed by atoms with Crippen LogP contribution in [-0.2, 0) is 9.53 Å². The zero-order valence-corrected chi connectivity index (χ0v) is 10.2. The van der Waals surface area contributed by atoms with Crippen molar-refractivity contribution >= 4 is 5.78 Å². The highest BCUT2D eigenvalue weighted by Gasteiger charge is 2.17. The van der Waals surface area contributed by atoms with Crippen LogP contribution in [0, 0.1) is 5.92 Å². The molecule has 0 bridgehead atoms. The fourth-order valence-electron chi connectivity index (χ4n) is 1.77. The molecular weight excluding hydrogens is 190 g/mol. The summed E-state index contributed by atoms with van der Waals surface area (Å²) in [4.78, 5) is 13.7. The Hall–Kier alpha value is -0.410. The molecular formula is C12H23NO2. The molecule has 0 radical (unpaired) electrons. The molecule has 0 atom stereocenters.